The van der Waals surface area contributed by atoms with E-state index in [1.807, 2.05) is 36.4 Å². The molecule has 1 saturated heterocycles. The van der Waals surface area contributed by atoms with Crippen LogP contribution in [0.25, 0.3) is 17.2 Å². The van der Waals surface area contributed by atoms with E-state index in [2.05, 4.69) is 98.2 Å². The zero-order valence-electron chi connectivity index (χ0n) is 33.7. The molecule has 1 fully saturated rings. The molecule has 7 rings (SSSR count). The minimum atomic E-state index is -0.255. The number of carbonyl (C=O) groups is 1. The summed E-state index contributed by atoms with van der Waals surface area (Å²) in [7, 11) is 1.78. The van der Waals surface area contributed by atoms with Crippen LogP contribution in [0.3, 0.4) is 0 Å². The van der Waals surface area contributed by atoms with Crippen LogP contribution in [-0.2, 0) is 16.6 Å². The number of rotatable bonds is 15. The van der Waals surface area contributed by atoms with Gasteiger partial charge in [0.2, 0.25) is 0 Å². The minimum Gasteiger partial charge on any atom is -0.497 e. The Hall–Kier alpha value is -4.71. The molecule has 2 unspecified atom stereocenters. The highest BCUT2D eigenvalue weighted by atomic mass is 16.5. The first-order chi connectivity index (χ1) is 26.8. The van der Waals surface area contributed by atoms with Gasteiger partial charge >= 0.3 is 5.97 Å². The number of unbranched alkanes of at least 4 members (excludes halogenated alkanes) is 4. The van der Waals surface area contributed by atoms with Gasteiger partial charge in [0.05, 0.1) is 36.2 Å². The van der Waals surface area contributed by atoms with Gasteiger partial charge in [0.1, 0.15) is 17.6 Å². The molecule has 0 N–H and O–H groups in total. The third-order valence-corrected chi connectivity index (χ3v) is 12.7. The van der Waals surface area contributed by atoms with Crippen LogP contribution in [0, 0.1) is 0 Å². The van der Waals surface area contributed by atoms with Gasteiger partial charge in [-0.15, -0.1) is 0 Å². The topological polar surface area (TPSA) is 51.2 Å². The maximum atomic E-state index is 13.4. The van der Waals surface area contributed by atoms with E-state index >= 15 is 0 Å². The molecule has 0 bridgehead atoms. The van der Waals surface area contributed by atoms with Crippen molar-refractivity contribution in [3.05, 3.63) is 113 Å². The Kier molecular flexibility index (Phi) is 11.9. The Bertz CT molecular complexity index is 1940. The SMILES string of the molecule is CCCCCCOc1ccc(-c2ccc(C(=O)OC3CCN(c4cc(OC)cc5c4N(CCCC)C4(C=Cc6ccccc6C4)C5(C)CC)CC3)cc2)cc1. The number of piperidine rings is 1. The van der Waals surface area contributed by atoms with Crippen LogP contribution in [0.2, 0.25) is 0 Å². The van der Waals surface area contributed by atoms with E-state index in [9.17, 15) is 4.79 Å². The molecular weight excluding hydrogens is 681 g/mol. The number of fused-ring (bicyclic) bond motifs is 2. The van der Waals surface area contributed by atoms with Gasteiger partial charge in [0.15, 0.2) is 0 Å². The first-order valence-electron chi connectivity index (χ1n) is 20.9. The summed E-state index contributed by atoms with van der Waals surface area (Å²) >= 11 is 0. The second-order valence-electron chi connectivity index (χ2n) is 16.0. The van der Waals surface area contributed by atoms with Crippen molar-refractivity contribution in [2.75, 3.05) is 43.2 Å². The van der Waals surface area contributed by atoms with Crippen LogP contribution in [0.1, 0.15) is 113 Å². The van der Waals surface area contributed by atoms with Gasteiger partial charge in [0, 0.05) is 50.4 Å². The van der Waals surface area contributed by atoms with Crippen molar-refractivity contribution < 1.29 is 19.0 Å². The van der Waals surface area contributed by atoms with Crippen LogP contribution >= 0.6 is 0 Å². The highest BCUT2D eigenvalue weighted by molar-refractivity contribution is 5.90. The van der Waals surface area contributed by atoms with Crippen LogP contribution in [0.15, 0.2) is 91.0 Å². The molecule has 55 heavy (non-hydrogen) atoms. The maximum Gasteiger partial charge on any atom is 0.338 e. The van der Waals surface area contributed by atoms with E-state index in [4.69, 9.17) is 14.2 Å². The number of ether oxygens (including phenoxy) is 3. The fraction of sp³-hybridized carbons (Fsp3) is 0.449. The van der Waals surface area contributed by atoms with Crippen molar-refractivity contribution in [3.8, 4) is 22.6 Å². The zero-order chi connectivity index (χ0) is 38.4. The molecule has 6 nitrogen and oxygen atoms in total. The van der Waals surface area contributed by atoms with Gasteiger partial charge in [-0.3, -0.25) is 0 Å². The molecule has 0 saturated carbocycles. The van der Waals surface area contributed by atoms with Gasteiger partial charge in [0.25, 0.3) is 0 Å². The van der Waals surface area contributed by atoms with Gasteiger partial charge < -0.3 is 24.0 Å². The van der Waals surface area contributed by atoms with Crippen LogP contribution < -0.4 is 19.3 Å². The molecule has 290 valence electrons. The van der Waals surface area contributed by atoms with Crippen molar-refractivity contribution >= 4 is 23.4 Å². The van der Waals surface area contributed by atoms with E-state index < -0.39 is 0 Å². The lowest BCUT2D eigenvalue weighted by Crippen LogP contribution is -2.58. The van der Waals surface area contributed by atoms with Crippen molar-refractivity contribution in [2.45, 2.75) is 109 Å². The molecular formula is C49H60N2O4. The predicted molar refractivity (Wildman–Crippen MR) is 227 cm³/mol. The number of nitrogens with zero attached hydrogens (tertiary/aromatic N) is 2. The number of esters is 1. The summed E-state index contributed by atoms with van der Waals surface area (Å²) in [5.41, 5.74) is 9.16. The number of methoxy groups -OCH3 is 1. The Balaban J connectivity index is 1.04. The summed E-state index contributed by atoms with van der Waals surface area (Å²) in [6.45, 7) is 12.7. The average Bonchev–Trinajstić information content (AvgIpc) is 3.42. The van der Waals surface area contributed by atoms with Crippen LogP contribution in [0.5, 0.6) is 11.5 Å². The molecule has 1 aliphatic carbocycles. The van der Waals surface area contributed by atoms with E-state index in [1.54, 1.807) is 7.11 Å². The molecule has 2 aliphatic heterocycles. The zero-order valence-corrected chi connectivity index (χ0v) is 33.7. The molecule has 1 spiro atoms. The van der Waals surface area contributed by atoms with E-state index in [-0.39, 0.29) is 23.0 Å². The Morgan fingerprint density at radius 1 is 0.818 bits per heavy atom. The minimum absolute atomic E-state index is 0.113. The summed E-state index contributed by atoms with van der Waals surface area (Å²) in [6, 6.07) is 29.4. The average molecular weight is 741 g/mol. The lowest BCUT2D eigenvalue weighted by Gasteiger charge is -2.49. The fourth-order valence-corrected chi connectivity index (χ4v) is 9.21. The third kappa shape index (κ3) is 7.62. The normalized spacial score (nSPS) is 20.4. The highest BCUT2D eigenvalue weighted by Crippen LogP contribution is 2.60. The van der Waals surface area contributed by atoms with E-state index in [1.165, 1.54) is 47.3 Å². The first-order valence-corrected chi connectivity index (χ1v) is 20.9. The fourth-order valence-electron chi connectivity index (χ4n) is 9.21. The van der Waals surface area contributed by atoms with Crippen LogP contribution in [0.4, 0.5) is 11.4 Å². The Labute approximate surface area is 329 Å². The Morgan fingerprint density at radius 2 is 1.53 bits per heavy atom. The van der Waals surface area contributed by atoms with Gasteiger partial charge in [-0.05, 0) is 77.4 Å². The quantitative estimate of drug-likeness (QED) is 0.0893. The molecule has 0 radical (unpaired) electrons. The number of anilines is 2. The molecule has 6 heteroatoms. The number of hydrogen-bond acceptors (Lipinski definition) is 6. The first kappa shape index (κ1) is 38.6. The predicted octanol–water partition coefficient (Wildman–Crippen LogP) is 11.4. The monoisotopic (exact) mass is 740 g/mol. The molecule has 4 aromatic carbocycles. The van der Waals surface area contributed by atoms with E-state index in [0.717, 1.165) is 93.8 Å². The van der Waals surface area contributed by atoms with Gasteiger partial charge in [-0.1, -0.05) is 114 Å². The highest BCUT2D eigenvalue weighted by Gasteiger charge is 2.58. The summed E-state index contributed by atoms with van der Waals surface area (Å²) < 4.78 is 18.1. The second kappa shape index (κ2) is 17.0. The Morgan fingerprint density at radius 3 is 2.22 bits per heavy atom. The summed E-state index contributed by atoms with van der Waals surface area (Å²) in [4.78, 5) is 18.7. The summed E-state index contributed by atoms with van der Waals surface area (Å²) in [5, 5.41) is 0. The van der Waals surface area contributed by atoms with Crippen LogP contribution in [-0.4, -0.2) is 51.0 Å². The molecule has 2 atom stereocenters. The molecule has 3 aliphatic rings. The van der Waals surface area contributed by atoms with E-state index in [0.29, 0.717) is 5.56 Å². The number of carbonyl (C=O) groups excluding carboxylic acids is 1. The lowest BCUT2D eigenvalue weighted by atomic mass is 9.62. The summed E-state index contributed by atoms with van der Waals surface area (Å²) in [6.07, 6.45) is 15.3. The van der Waals surface area contributed by atoms with Gasteiger partial charge in [-0.25, -0.2) is 4.79 Å². The second-order valence-corrected chi connectivity index (χ2v) is 16.0. The van der Waals surface area contributed by atoms with Gasteiger partial charge in [-0.2, -0.15) is 0 Å². The maximum absolute atomic E-state index is 13.4. The number of hydrogen-bond donors (Lipinski definition) is 0. The van der Waals surface area contributed by atoms with Crippen molar-refractivity contribution in [3.63, 3.8) is 0 Å². The van der Waals surface area contributed by atoms with Crippen molar-refractivity contribution in [1.29, 1.82) is 0 Å². The largest absolute Gasteiger partial charge is 0.497 e. The standard InChI is InChI=1S/C49H60N2O4/c1-6-9-11-14-32-54-41-23-21-38(22-24-41)37-17-19-39(20-18-37)47(52)55-42-26-30-50(31-27-42)45-34-43(53-5)33-44-46(45)51(29-10-7-2)49(48(44,4)8-3)28-25-36-15-12-13-16-40(36)35-49/h12-13,15-25,28,33-34,42H,6-11,14,26-27,29-32,35H2,1-5H3. The molecule has 4 aromatic rings. The smallest absolute Gasteiger partial charge is 0.338 e. The molecule has 2 heterocycles. The van der Waals surface area contributed by atoms with Crippen molar-refractivity contribution in [2.24, 2.45) is 0 Å². The molecule has 0 aromatic heterocycles. The third-order valence-electron chi connectivity index (χ3n) is 12.7. The lowest BCUT2D eigenvalue weighted by molar-refractivity contribution is 0.0245. The number of benzene rings is 4. The molecule has 0 amide bonds. The van der Waals surface area contributed by atoms with Crippen molar-refractivity contribution in [1.82, 2.24) is 0 Å². The summed E-state index contributed by atoms with van der Waals surface area (Å²) in [5.74, 6) is 1.54.